The lowest BCUT2D eigenvalue weighted by Gasteiger charge is -2.44. The fourth-order valence-corrected chi connectivity index (χ4v) is 5.80. The van der Waals surface area contributed by atoms with Crippen molar-refractivity contribution in [3.8, 4) is 0 Å². The van der Waals surface area contributed by atoms with E-state index in [0.29, 0.717) is 18.5 Å². The highest BCUT2D eigenvalue weighted by atomic mass is 32.2. The molecule has 2 saturated heterocycles. The molecule has 2 aliphatic heterocycles. The summed E-state index contributed by atoms with van der Waals surface area (Å²) in [6.07, 6.45) is 5.60. The molecule has 6 heteroatoms. The Bertz CT molecular complexity index is 477. The monoisotopic (exact) mass is 315 g/mol. The van der Waals surface area contributed by atoms with Crippen molar-refractivity contribution >= 4 is 10.2 Å². The number of nitrogens with zero attached hydrogens (tertiary/aromatic N) is 3. The van der Waals surface area contributed by atoms with Crippen molar-refractivity contribution in [2.75, 3.05) is 26.7 Å². The maximum atomic E-state index is 13.1. The zero-order valence-electron chi connectivity index (χ0n) is 13.5. The second kappa shape index (κ2) is 5.80. The average Bonchev–Trinajstić information content (AvgIpc) is 3.22. The van der Waals surface area contributed by atoms with Gasteiger partial charge in [-0.15, -0.1) is 0 Å². The summed E-state index contributed by atoms with van der Waals surface area (Å²) in [5.74, 6) is 0.567. The summed E-state index contributed by atoms with van der Waals surface area (Å²) in [5, 5.41) is 0. The van der Waals surface area contributed by atoms with Crippen LogP contribution in [0.15, 0.2) is 0 Å². The van der Waals surface area contributed by atoms with Crippen molar-refractivity contribution in [3.63, 3.8) is 0 Å². The van der Waals surface area contributed by atoms with Gasteiger partial charge < -0.3 is 0 Å². The maximum absolute atomic E-state index is 13.1. The Morgan fingerprint density at radius 1 is 1.24 bits per heavy atom. The van der Waals surface area contributed by atoms with Crippen LogP contribution in [0.4, 0.5) is 0 Å². The Morgan fingerprint density at radius 3 is 2.57 bits per heavy atom. The zero-order chi connectivity index (χ0) is 15.2. The highest BCUT2D eigenvalue weighted by molar-refractivity contribution is 7.86. The number of piperazine rings is 1. The van der Waals surface area contributed by atoms with Crippen LogP contribution in [0.2, 0.25) is 0 Å². The van der Waals surface area contributed by atoms with Crippen molar-refractivity contribution in [3.05, 3.63) is 0 Å². The van der Waals surface area contributed by atoms with Crippen molar-refractivity contribution in [1.82, 2.24) is 13.5 Å². The van der Waals surface area contributed by atoms with Gasteiger partial charge in [0.15, 0.2) is 0 Å². The van der Waals surface area contributed by atoms with Crippen molar-refractivity contribution in [1.29, 1.82) is 0 Å². The molecule has 0 amide bonds. The Hall–Kier alpha value is -0.170. The summed E-state index contributed by atoms with van der Waals surface area (Å²) in [5.41, 5.74) is 0. The topological polar surface area (TPSA) is 43.9 Å². The van der Waals surface area contributed by atoms with Gasteiger partial charge in [-0.25, -0.2) is 0 Å². The first-order valence-electron chi connectivity index (χ1n) is 8.44. The molecule has 1 saturated carbocycles. The zero-order valence-corrected chi connectivity index (χ0v) is 14.3. The first kappa shape index (κ1) is 15.7. The second-order valence-corrected chi connectivity index (χ2v) is 8.97. The number of hydrogen-bond acceptors (Lipinski definition) is 3. The standard InChI is InChI=1S/C15H29N3O2S/c1-4-14-10-17-9-5-6-15(17)11-18(14)21(19,20)16(3)12(2)13-7-8-13/h12-15H,4-11H2,1-3H3/t12-,14-,15+/m1/s1. The fraction of sp³-hybridized carbons (Fsp3) is 1.00. The number of hydrogen-bond donors (Lipinski definition) is 0. The van der Waals surface area contributed by atoms with Crippen LogP contribution in [0.5, 0.6) is 0 Å². The summed E-state index contributed by atoms with van der Waals surface area (Å²) in [7, 11) is -1.56. The van der Waals surface area contributed by atoms with Crippen LogP contribution in [0.25, 0.3) is 0 Å². The van der Waals surface area contributed by atoms with E-state index in [1.54, 1.807) is 15.7 Å². The van der Waals surface area contributed by atoms with Gasteiger partial charge in [-0.2, -0.15) is 17.0 Å². The predicted octanol–water partition coefficient (Wildman–Crippen LogP) is 1.52. The van der Waals surface area contributed by atoms with Gasteiger partial charge in [-0.05, 0) is 51.5 Å². The lowest BCUT2D eigenvalue weighted by atomic mass is 10.1. The minimum atomic E-state index is -3.33. The normalized spacial score (nSPS) is 33.3. The van der Waals surface area contributed by atoms with Crippen molar-refractivity contribution < 1.29 is 8.42 Å². The summed E-state index contributed by atoms with van der Waals surface area (Å²) < 4.78 is 29.5. The molecule has 0 aromatic heterocycles. The van der Waals surface area contributed by atoms with E-state index in [-0.39, 0.29) is 12.1 Å². The maximum Gasteiger partial charge on any atom is 0.282 e. The van der Waals surface area contributed by atoms with Gasteiger partial charge in [0.25, 0.3) is 10.2 Å². The number of rotatable bonds is 5. The van der Waals surface area contributed by atoms with Gasteiger partial charge in [0.2, 0.25) is 0 Å². The summed E-state index contributed by atoms with van der Waals surface area (Å²) >= 11 is 0. The van der Waals surface area contributed by atoms with Crippen LogP contribution in [-0.2, 0) is 10.2 Å². The van der Waals surface area contributed by atoms with E-state index in [9.17, 15) is 8.42 Å². The third kappa shape index (κ3) is 2.87. The molecule has 21 heavy (non-hydrogen) atoms. The van der Waals surface area contributed by atoms with E-state index in [1.165, 1.54) is 19.3 Å². The van der Waals surface area contributed by atoms with E-state index in [2.05, 4.69) is 18.7 Å². The van der Waals surface area contributed by atoms with Crippen LogP contribution in [0, 0.1) is 5.92 Å². The highest BCUT2D eigenvalue weighted by Gasteiger charge is 2.44. The van der Waals surface area contributed by atoms with Crippen LogP contribution in [0.3, 0.4) is 0 Å². The molecule has 3 aliphatic rings. The largest absolute Gasteiger partial charge is 0.297 e. The molecule has 0 aromatic carbocycles. The molecule has 2 heterocycles. The first-order chi connectivity index (χ1) is 9.95. The molecule has 3 fully saturated rings. The highest BCUT2D eigenvalue weighted by Crippen LogP contribution is 2.37. The van der Waals surface area contributed by atoms with Crippen LogP contribution >= 0.6 is 0 Å². The summed E-state index contributed by atoms with van der Waals surface area (Å²) in [4.78, 5) is 2.49. The van der Waals surface area contributed by atoms with Crippen molar-refractivity contribution in [2.24, 2.45) is 5.92 Å². The van der Waals surface area contributed by atoms with Gasteiger partial charge in [0, 0.05) is 38.3 Å². The summed E-state index contributed by atoms with van der Waals surface area (Å²) in [6.45, 7) is 6.90. The molecule has 1 aliphatic carbocycles. The van der Waals surface area contributed by atoms with Crippen LogP contribution in [-0.4, -0.2) is 66.7 Å². The molecular formula is C15H29N3O2S. The molecular weight excluding hydrogens is 286 g/mol. The van der Waals surface area contributed by atoms with Gasteiger partial charge in [0.1, 0.15) is 0 Å². The molecule has 0 aromatic rings. The fourth-order valence-electron chi connectivity index (χ4n) is 3.93. The third-order valence-electron chi connectivity index (χ3n) is 5.75. The van der Waals surface area contributed by atoms with E-state index >= 15 is 0 Å². The van der Waals surface area contributed by atoms with Crippen LogP contribution < -0.4 is 0 Å². The van der Waals surface area contributed by atoms with Gasteiger partial charge in [-0.1, -0.05) is 6.92 Å². The Balaban J connectivity index is 1.78. The van der Waals surface area contributed by atoms with Gasteiger partial charge in [0.05, 0.1) is 0 Å². The predicted molar refractivity (Wildman–Crippen MR) is 84.2 cm³/mol. The Labute approximate surface area is 129 Å². The SMILES string of the molecule is CC[C@@H]1CN2CCC[C@H]2CN1S(=O)(=O)N(C)[C@H](C)C1CC1. The molecule has 122 valence electrons. The van der Waals surface area contributed by atoms with Crippen LogP contribution in [0.1, 0.15) is 46.0 Å². The van der Waals surface area contributed by atoms with Gasteiger partial charge >= 0.3 is 0 Å². The Kier molecular flexibility index (Phi) is 4.34. The molecule has 0 unspecified atom stereocenters. The minimum Gasteiger partial charge on any atom is -0.297 e. The molecule has 3 atom stereocenters. The smallest absolute Gasteiger partial charge is 0.282 e. The quantitative estimate of drug-likeness (QED) is 0.772. The molecule has 5 nitrogen and oxygen atoms in total. The first-order valence-corrected chi connectivity index (χ1v) is 9.83. The summed E-state index contributed by atoms with van der Waals surface area (Å²) in [6, 6.07) is 0.708. The molecule has 3 rings (SSSR count). The molecule has 0 bridgehead atoms. The second-order valence-electron chi connectivity index (χ2n) is 7.02. The molecule has 0 spiro atoms. The third-order valence-corrected chi connectivity index (χ3v) is 7.85. The van der Waals surface area contributed by atoms with E-state index in [1.807, 2.05) is 0 Å². The van der Waals surface area contributed by atoms with E-state index in [0.717, 1.165) is 25.9 Å². The van der Waals surface area contributed by atoms with Gasteiger partial charge in [-0.3, -0.25) is 4.90 Å². The van der Waals surface area contributed by atoms with Crippen molar-refractivity contribution in [2.45, 2.75) is 64.1 Å². The minimum absolute atomic E-state index is 0.133. The lowest BCUT2D eigenvalue weighted by Crippen LogP contribution is -2.60. The molecule has 0 N–H and O–H groups in total. The lowest BCUT2D eigenvalue weighted by molar-refractivity contribution is 0.100. The molecule has 0 radical (unpaired) electrons. The number of fused-ring (bicyclic) bond motifs is 1. The van der Waals surface area contributed by atoms with E-state index in [4.69, 9.17) is 0 Å². The average molecular weight is 315 g/mol. The Morgan fingerprint density at radius 2 is 1.95 bits per heavy atom. The van der Waals surface area contributed by atoms with E-state index < -0.39 is 10.2 Å².